The maximum atomic E-state index is 14.5. The summed E-state index contributed by atoms with van der Waals surface area (Å²) in [5.41, 5.74) is 1.33. The third-order valence-electron chi connectivity index (χ3n) is 6.06. The van der Waals surface area contributed by atoms with Gasteiger partial charge in [0.25, 0.3) is 10.0 Å². The van der Waals surface area contributed by atoms with Gasteiger partial charge >= 0.3 is 0 Å². The van der Waals surface area contributed by atoms with Crippen molar-refractivity contribution in [1.29, 1.82) is 0 Å². The van der Waals surface area contributed by atoms with Gasteiger partial charge in [0, 0.05) is 24.6 Å². The van der Waals surface area contributed by atoms with Crippen LogP contribution in [0.15, 0.2) is 41.3 Å². The Morgan fingerprint density at radius 2 is 1.91 bits per heavy atom. The summed E-state index contributed by atoms with van der Waals surface area (Å²) in [6, 6.07) is 9.28. The first-order valence-electron chi connectivity index (χ1n) is 11.3. The van der Waals surface area contributed by atoms with E-state index >= 15 is 0 Å². The molecule has 1 fully saturated rings. The SMILES string of the molecule is CCc1nnc(-c2cc(Cl)c(F)cc2NS(=O)(=O)c2ccc(C(C)(C)C)cc2)n1C1CCNC1. The standard InChI is InChI=1S/C24H29ClFN5O2S/c1-5-22-28-29-23(31(22)16-10-11-27-14-16)18-12-19(25)20(26)13-21(18)30-34(32,33)17-8-6-15(7-9-17)24(2,3)4/h6-9,12-13,16,27,30H,5,10-11,14H2,1-4H3. The first-order chi connectivity index (χ1) is 16.0. The van der Waals surface area contributed by atoms with Gasteiger partial charge in [-0.1, -0.05) is 51.4 Å². The molecule has 1 aromatic heterocycles. The van der Waals surface area contributed by atoms with Crippen LogP contribution in [0, 0.1) is 5.82 Å². The average molecular weight is 506 g/mol. The van der Waals surface area contributed by atoms with Gasteiger partial charge in [0.15, 0.2) is 5.82 Å². The largest absolute Gasteiger partial charge is 0.315 e. The topological polar surface area (TPSA) is 88.9 Å². The minimum atomic E-state index is -4.00. The van der Waals surface area contributed by atoms with Gasteiger partial charge in [-0.25, -0.2) is 12.8 Å². The van der Waals surface area contributed by atoms with Crippen LogP contribution in [-0.2, 0) is 21.9 Å². The molecular formula is C24H29ClFN5O2S. The molecule has 182 valence electrons. The monoisotopic (exact) mass is 505 g/mol. The summed E-state index contributed by atoms with van der Waals surface area (Å²) in [5, 5.41) is 11.9. The Morgan fingerprint density at radius 3 is 2.50 bits per heavy atom. The number of nitrogens with zero attached hydrogens (tertiary/aromatic N) is 3. The summed E-state index contributed by atoms with van der Waals surface area (Å²) < 4.78 is 45.5. The van der Waals surface area contributed by atoms with Gasteiger partial charge < -0.3 is 9.88 Å². The fraction of sp³-hybridized carbons (Fsp3) is 0.417. The number of benzene rings is 2. The highest BCUT2D eigenvalue weighted by atomic mass is 35.5. The van der Waals surface area contributed by atoms with Crippen molar-refractivity contribution in [3.8, 4) is 11.4 Å². The highest BCUT2D eigenvalue weighted by Gasteiger charge is 2.27. The number of aromatic nitrogens is 3. The molecule has 0 amide bonds. The highest BCUT2D eigenvalue weighted by Crippen LogP contribution is 2.36. The lowest BCUT2D eigenvalue weighted by atomic mass is 9.87. The predicted octanol–water partition coefficient (Wildman–Crippen LogP) is 4.93. The van der Waals surface area contributed by atoms with Crippen molar-refractivity contribution in [1.82, 2.24) is 20.1 Å². The van der Waals surface area contributed by atoms with Crippen LogP contribution in [0.25, 0.3) is 11.4 Å². The molecule has 2 N–H and O–H groups in total. The lowest BCUT2D eigenvalue weighted by Crippen LogP contribution is -2.18. The first-order valence-corrected chi connectivity index (χ1v) is 13.1. The van der Waals surface area contributed by atoms with Crippen LogP contribution in [0.3, 0.4) is 0 Å². The Labute approximate surface area is 204 Å². The van der Waals surface area contributed by atoms with Crippen molar-refractivity contribution in [2.24, 2.45) is 0 Å². The van der Waals surface area contributed by atoms with E-state index in [1.807, 2.05) is 11.5 Å². The Bertz CT molecular complexity index is 1290. The molecule has 0 bridgehead atoms. The minimum Gasteiger partial charge on any atom is -0.315 e. The van der Waals surface area contributed by atoms with Crippen LogP contribution < -0.4 is 10.0 Å². The first kappa shape index (κ1) is 24.6. The van der Waals surface area contributed by atoms with E-state index in [4.69, 9.17) is 11.6 Å². The van der Waals surface area contributed by atoms with E-state index in [1.54, 1.807) is 24.3 Å². The van der Waals surface area contributed by atoms with Crippen LogP contribution in [-0.4, -0.2) is 36.3 Å². The highest BCUT2D eigenvalue weighted by molar-refractivity contribution is 7.92. The van der Waals surface area contributed by atoms with E-state index in [9.17, 15) is 12.8 Å². The Hall–Kier alpha value is -2.49. The number of aryl methyl sites for hydroxylation is 1. The summed E-state index contributed by atoms with van der Waals surface area (Å²) in [6.45, 7) is 9.75. The zero-order chi connectivity index (χ0) is 24.7. The van der Waals surface area contributed by atoms with E-state index in [-0.39, 0.29) is 27.1 Å². The molecule has 7 nitrogen and oxygen atoms in total. The number of hydrogen-bond acceptors (Lipinski definition) is 5. The molecular weight excluding hydrogens is 477 g/mol. The molecule has 4 rings (SSSR count). The molecule has 10 heteroatoms. The van der Waals surface area contributed by atoms with Crippen LogP contribution in [0.5, 0.6) is 0 Å². The van der Waals surface area contributed by atoms with Crippen LogP contribution in [0.1, 0.15) is 51.5 Å². The maximum Gasteiger partial charge on any atom is 0.261 e. The molecule has 1 aliphatic heterocycles. The van der Waals surface area contributed by atoms with E-state index in [1.165, 1.54) is 6.07 Å². The van der Waals surface area contributed by atoms with Gasteiger partial charge in [0.1, 0.15) is 11.6 Å². The molecule has 1 unspecified atom stereocenters. The number of anilines is 1. The fourth-order valence-corrected chi connectivity index (χ4v) is 5.38. The van der Waals surface area contributed by atoms with Gasteiger partial charge in [-0.15, -0.1) is 10.2 Å². The van der Waals surface area contributed by atoms with E-state index < -0.39 is 15.8 Å². The summed E-state index contributed by atoms with van der Waals surface area (Å²) in [4.78, 5) is 0.0810. The third-order valence-corrected chi connectivity index (χ3v) is 7.73. The van der Waals surface area contributed by atoms with E-state index in [2.05, 4.69) is 41.0 Å². The van der Waals surface area contributed by atoms with Crippen molar-refractivity contribution < 1.29 is 12.8 Å². The number of nitrogens with one attached hydrogen (secondary N) is 2. The quantitative estimate of drug-likeness (QED) is 0.495. The zero-order valence-electron chi connectivity index (χ0n) is 19.7. The van der Waals surface area contributed by atoms with Gasteiger partial charge in [-0.3, -0.25) is 4.72 Å². The smallest absolute Gasteiger partial charge is 0.261 e. The lowest BCUT2D eigenvalue weighted by molar-refractivity contribution is 0.529. The Balaban J connectivity index is 1.78. The predicted molar refractivity (Wildman–Crippen MR) is 132 cm³/mol. The average Bonchev–Trinajstić information content (AvgIpc) is 3.44. The van der Waals surface area contributed by atoms with Crippen molar-refractivity contribution in [2.45, 2.75) is 56.9 Å². The molecule has 0 saturated carbocycles. The molecule has 0 aliphatic carbocycles. The van der Waals surface area contributed by atoms with Crippen molar-refractivity contribution in [2.75, 3.05) is 17.8 Å². The molecule has 0 radical (unpaired) electrons. The second kappa shape index (κ2) is 9.28. The molecule has 1 aliphatic rings. The van der Waals surface area contributed by atoms with Gasteiger partial charge in [-0.2, -0.15) is 0 Å². The normalized spacial score (nSPS) is 16.7. The zero-order valence-corrected chi connectivity index (χ0v) is 21.3. The van der Waals surface area contributed by atoms with Gasteiger partial charge in [0.05, 0.1) is 21.6 Å². The molecule has 34 heavy (non-hydrogen) atoms. The number of hydrogen-bond donors (Lipinski definition) is 2. The molecule has 1 saturated heterocycles. The summed E-state index contributed by atoms with van der Waals surface area (Å²) in [7, 11) is -4.00. The van der Waals surface area contributed by atoms with Crippen LogP contribution >= 0.6 is 11.6 Å². The molecule has 1 atom stereocenters. The molecule has 3 aromatic rings. The maximum absolute atomic E-state index is 14.5. The van der Waals surface area contributed by atoms with Crippen LogP contribution in [0.4, 0.5) is 10.1 Å². The number of rotatable bonds is 6. The third kappa shape index (κ3) is 4.82. The van der Waals surface area contributed by atoms with E-state index in [0.29, 0.717) is 17.8 Å². The molecule has 2 aromatic carbocycles. The molecule has 2 heterocycles. The summed E-state index contributed by atoms with van der Waals surface area (Å²) in [5.74, 6) is 0.500. The minimum absolute atomic E-state index is 0.0593. The van der Waals surface area contributed by atoms with Crippen molar-refractivity contribution >= 4 is 27.3 Å². The second-order valence-electron chi connectivity index (χ2n) is 9.50. The van der Waals surface area contributed by atoms with Crippen LogP contribution in [0.2, 0.25) is 5.02 Å². The summed E-state index contributed by atoms with van der Waals surface area (Å²) in [6.07, 6.45) is 1.54. The summed E-state index contributed by atoms with van der Waals surface area (Å²) >= 11 is 6.11. The Morgan fingerprint density at radius 1 is 1.21 bits per heavy atom. The van der Waals surface area contributed by atoms with Crippen molar-refractivity contribution in [3.63, 3.8) is 0 Å². The van der Waals surface area contributed by atoms with E-state index in [0.717, 1.165) is 37.0 Å². The number of sulfonamides is 1. The van der Waals surface area contributed by atoms with Crippen molar-refractivity contribution in [3.05, 3.63) is 58.6 Å². The van der Waals surface area contributed by atoms with Gasteiger partial charge in [0.2, 0.25) is 0 Å². The number of halogens is 2. The fourth-order valence-electron chi connectivity index (χ4n) is 4.15. The Kier molecular flexibility index (Phi) is 6.72. The second-order valence-corrected chi connectivity index (χ2v) is 11.6. The van der Waals surface area contributed by atoms with Gasteiger partial charge in [-0.05, 0) is 42.1 Å². The lowest BCUT2D eigenvalue weighted by Gasteiger charge is -2.20. The molecule has 0 spiro atoms.